The second-order valence-electron chi connectivity index (χ2n) is 5.38. The Morgan fingerprint density at radius 2 is 2.39 bits per heavy atom. The number of aryl methyl sites for hydroxylation is 1. The minimum atomic E-state index is -0.466. The molecule has 0 spiro atoms. The minimum absolute atomic E-state index is 0.102. The van der Waals surface area contributed by atoms with Gasteiger partial charge >= 0.3 is 0 Å². The van der Waals surface area contributed by atoms with Gasteiger partial charge in [-0.2, -0.15) is 0 Å². The third kappa shape index (κ3) is 4.20. The molecule has 1 aromatic carbocycles. The van der Waals surface area contributed by atoms with Crippen LogP contribution in [0.5, 0.6) is 5.75 Å². The van der Waals surface area contributed by atoms with E-state index < -0.39 is 5.82 Å². The lowest BCUT2D eigenvalue weighted by Crippen LogP contribution is -2.41. The summed E-state index contributed by atoms with van der Waals surface area (Å²) >= 11 is 7.32. The van der Waals surface area contributed by atoms with E-state index in [-0.39, 0.29) is 11.1 Å². The fraction of sp³-hybridized carbons (Fsp3) is 0.438. The van der Waals surface area contributed by atoms with Gasteiger partial charge in [0.15, 0.2) is 0 Å². The molecule has 1 aliphatic rings. The maximum Gasteiger partial charge on any atom is 0.145 e. The standard InChI is InChI=1S/C16H18ClFN2O2S/c1-11-10-23-16(19-11)15-9-21-6-4-20(15)5-7-22-12-2-3-13(17)14(18)8-12/h2-3,8,10,15H,4-7,9H2,1H3. The molecule has 1 aromatic heterocycles. The van der Waals surface area contributed by atoms with Crippen LogP contribution in [0.1, 0.15) is 16.7 Å². The highest BCUT2D eigenvalue weighted by molar-refractivity contribution is 7.09. The van der Waals surface area contributed by atoms with Gasteiger partial charge in [-0.15, -0.1) is 11.3 Å². The number of nitrogens with zero attached hydrogens (tertiary/aromatic N) is 2. The first kappa shape index (κ1) is 16.6. The molecule has 124 valence electrons. The summed E-state index contributed by atoms with van der Waals surface area (Å²) in [5, 5.41) is 3.22. The van der Waals surface area contributed by atoms with E-state index in [2.05, 4.69) is 15.3 Å². The van der Waals surface area contributed by atoms with E-state index in [1.54, 1.807) is 17.4 Å². The zero-order chi connectivity index (χ0) is 16.2. The molecule has 0 bridgehead atoms. The first-order chi connectivity index (χ1) is 11.1. The quantitative estimate of drug-likeness (QED) is 0.818. The average molecular weight is 357 g/mol. The summed E-state index contributed by atoms with van der Waals surface area (Å²) in [7, 11) is 0. The number of thiazole rings is 1. The van der Waals surface area contributed by atoms with Gasteiger partial charge < -0.3 is 9.47 Å². The van der Waals surface area contributed by atoms with Crippen LogP contribution in [-0.4, -0.2) is 42.8 Å². The Morgan fingerprint density at radius 1 is 1.52 bits per heavy atom. The van der Waals surface area contributed by atoms with Gasteiger partial charge in [-0.1, -0.05) is 11.6 Å². The molecule has 3 rings (SSSR count). The summed E-state index contributed by atoms with van der Waals surface area (Å²) in [5.74, 6) is 0.0217. The highest BCUT2D eigenvalue weighted by Gasteiger charge is 2.26. The van der Waals surface area contributed by atoms with Crippen LogP contribution in [0.25, 0.3) is 0 Å². The molecule has 7 heteroatoms. The van der Waals surface area contributed by atoms with Gasteiger partial charge in [0.05, 0.1) is 24.3 Å². The zero-order valence-corrected chi connectivity index (χ0v) is 14.4. The van der Waals surface area contributed by atoms with E-state index in [4.69, 9.17) is 21.1 Å². The van der Waals surface area contributed by atoms with Crippen molar-refractivity contribution in [2.24, 2.45) is 0 Å². The Labute approximate surface area is 143 Å². The lowest BCUT2D eigenvalue weighted by atomic mass is 10.2. The predicted octanol–water partition coefficient (Wildman–Crippen LogP) is 3.70. The smallest absolute Gasteiger partial charge is 0.145 e. The number of hydrogen-bond donors (Lipinski definition) is 0. The third-order valence-electron chi connectivity index (χ3n) is 3.70. The molecular formula is C16H18ClFN2O2S. The third-order valence-corrected chi connectivity index (χ3v) is 5.07. The summed E-state index contributed by atoms with van der Waals surface area (Å²) in [5.41, 5.74) is 1.03. The summed E-state index contributed by atoms with van der Waals surface area (Å²) in [6.45, 7) is 5.38. The monoisotopic (exact) mass is 356 g/mol. The van der Waals surface area contributed by atoms with Crippen LogP contribution in [0, 0.1) is 12.7 Å². The second kappa shape index (κ2) is 7.57. The molecule has 1 fully saturated rings. The first-order valence-corrected chi connectivity index (χ1v) is 8.71. The van der Waals surface area contributed by atoms with Gasteiger partial charge in [0.25, 0.3) is 0 Å². The van der Waals surface area contributed by atoms with Gasteiger partial charge in [0.1, 0.15) is 23.2 Å². The molecule has 0 aliphatic carbocycles. The Kier molecular flexibility index (Phi) is 5.48. The lowest BCUT2D eigenvalue weighted by molar-refractivity contribution is -0.0133. The first-order valence-electron chi connectivity index (χ1n) is 7.45. The van der Waals surface area contributed by atoms with Crippen molar-refractivity contribution in [3.8, 4) is 5.75 Å². The van der Waals surface area contributed by atoms with E-state index in [0.29, 0.717) is 25.6 Å². The molecule has 4 nitrogen and oxygen atoms in total. The molecule has 0 saturated carbocycles. The second-order valence-corrected chi connectivity index (χ2v) is 6.68. The number of halogens is 2. The summed E-state index contributed by atoms with van der Waals surface area (Å²) in [6, 6.07) is 4.64. The Morgan fingerprint density at radius 3 is 3.13 bits per heavy atom. The number of aromatic nitrogens is 1. The summed E-state index contributed by atoms with van der Waals surface area (Å²) in [4.78, 5) is 6.86. The molecule has 0 amide bonds. The van der Waals surface area contributed by atoms with Crippen molar-refractivity contribution in [1.29, 1.82) is 0 Å². The average Bonchev–Trinajstić information content (AvgIpc) is 2.98. The number of morpholine rings is 1. The van der Waals surface area contributed by atoms with E-state index in [1.165, 1.54) is 12.1 Å². The molecule has 1 saturated heterocycles. The SMILES string of the molecule is Cc1csc(C2COCCN2CCOc2ccc(Cl)c(F)c2)n1. The molecule has 1 unspecified atom stereocenters. The van der Waals surface area contributed by atoms with Crippen molar-refractivity contribution < 1.29 is 13.9 Å². The summed E-state index contributed by atoms with van der Waals surface area (Å²) < 4.78 is 24.6. The highest BCUT2D eigenvalue weighted by Crippen LogP contribution is 2.27. The molecular weight excluding hydrogens is 339 g/mol. The van der Waals surface area contributed by atoms with Crippen LogP contribution in [0.3, 0.4) is 0 Å². The molecule has 1 atom stereocenters. The van der Waals surface area contributed by atoms with E-state index in [1.807, 2.05) is 6.92 Å². The van der Waals surface area contributed by atoms with Crippen molar-refractivity contribution >= 4 is 22.9 Å². The lowest BCUT2D eigenvalue weighted by Gasteiger charge is -2.34. The van der Waals surface area contributed by atoms with Crippen molar-refractivity contribution in [1.82, 2.24) is 9.88 Å². The number of benzene rings is 1. The van der Waals surface area contributed by atoms with Crippen molar-refractivity contribution in [3.05, 3.63) is 45.1 Å². The van der Waals surface area contributed by atoms with Crippen LogP contribution in [0.4, 0.5) is 4.39 Å². The Hall–Kier alpha value is -1.21. The van der Waals surface area contributed by atoms with Crippen LogP contribution in [-0.2, 0) is 4.74 Å². The van der Waals surface area contributed by atoms with Gasteiger partial charge in [0.2, 0.25) is 0 Å². The highest BCUT2D eigenvalue weighted by atomic mass is 35.5. The van der Waals surface area contributed by atoms with Crippen molar-refractivity contribution in [2.45, 2.75) is 13.0 Å². The number of hydrogen-bond acceptors (Lipinski definition) is 5. The van der Waals surface area contributed by atoms with Gasteiger partial charge in [-0.3, -0.25) is 4.90 Å². The number of ether oxygens (including phenoxy) is 2. The minimum Gasteiger partial charge on any atom is -0.492 e. The largest absolute Gasteiger partial charge is 0.492 e. The van der Waals surface area contributed by atoms with Gasteiger partial charge in [-0.25, -0.2) is 9.37 Å². The molecule has 2 heterocycles. The van der Waals surface area contributed by atoms with Gasteiger partial charge in [0, 0.05) is 30.2 Å². The van der Waals surface area contributed by atoms with Crippen LogP contribution < -0.4 is 4.74 Å². The zero-order valence-electron chi connectivity index (χ0n) is 12.8. The summed E-state index contributed by atoms with van der Waals surface area (Å²) in [6.07, 6.45) is 0. The maximum atomic E-state index is 13.4. The number of rotatable bonds is 5. The van der Waals surface area contributed by atoms with E-state index in [0.717, 1.165) is 23.8 Å². The van der Waals surface area contributed by atoms with Crippen LogP contribution >= 0.6 is 22.9 Å². The van der Waals surface area contributed by atoms with E-state index >= 15 is 0 Å². The van der Waals surface area contributed by atoms with Crippen LogP contribution in [0.2, 0.25) is 5.02 Å². The molecule has 0 radical (unpaired) electrons. The fourth-order valence-electron chi connectivity index (χ4n) is 2.51. The topological polar surface area (TPSA) is 34.6 Å². The molecule has 0 N–H and O–H groups in total. The Balaban J connectivity index is 1.58. The molecule has 23 heavy (non-hydrogen) atoms. The van der Waals surface area contributed by atoms with Crippen molar-refractivity contribution in [3.63, 3.8) is 0 Å². The maximum absolute atomic E-state index is 13.4. The molecule has 2 aromatic rings. The van der Waals surface area contributed by atoms with Gasteiger partial charge in [-0.05, 0) is 19.1 Å². The predicted molar refractivity (Wildman–Crippen MR) is 88.9 cm³/mol. The van der Waals surface area contributed by atoms with Crippen molar-refractivity contribution in [2.75, 3.05) is 32.9 Å². The van der Waals surface area contributed by atoms with Crippen LogP contribution in [0.15, 0.2) is 23.6 Å². The Bertz CT molecular complexity index is 667. The fourth-order valence-corrected chi connectivity index (χ4v) is 3.54. The molecule has 1 aliphatic heterocycles. The van der Waals surface area contributed by atoms with E-state index in [9.17, 15) is 4.39 Å². The normalized spacial score (nSPS) is 19.0.